The largest absolute Gasteiger partial charge is 0.496 e. The maximum absolute atomic E-state index is 12.9. The van der Waals surface area contributed by atoms with Crippen LogP contribution in [-0.2, 0) is 6.54 Å². The fourth-order valence-corrected chi connectivity index (χ4v) is 2.93. The number of hydrogen-bond acceptors (Lipinski definition) is 5. The summed E-state index contributed by atoms with van der Waals surface area (Å²) in [6, 6.07) is 15.8. The van der Waals surface area contributed by atoms with Gasteiger partial charge in [-0.25, -0.2) is 4.79 Å². The van der Waals surface area contributed by atoms with Gasteiger partial charge in [0, 0.05) is 7.05 Å². The number of anilines is 2. The molecule has 1 aromatic heterocycles. The van der Waals surface area contributed by atoms with Crippen molar-refractivity contribution in [2.75, 3.05) is 24.8 Å². The molecular weight excluding hydrogens is 360 g/mol. The van der Waals surface area contributed by atoms with Gasteiger partial charge in [-0.2, -0.15) is 0 Å². The standard InChI is InChI=1S/C20H20N4O4/c1-23(19(26)14-10-6-7-11-15(14)28-2)16-17(21)24(20(27)22-18(16)25)12-13-8-4-3-5-9-13/h3-11H,12,21H2,1-2H3,(H,22,25,27). The summed E-state index contributed by atoms with van der Waals surface area (Å²) >= 11 is 0. The SMILES string of the molecule is COc1ccccc1C(=O)N(C)c1c(N)n(Cc2ccccc2)c(=O)[nH]c1=O. The molecule has 2 aromatic carbocycles. The predicted molar refractivity (Wildman–Crippen MR) is 107 cm³/mol. The maximum atomic E-state index is 12.9. The van der Waals surface area contributed by atoms with Crippen LogP contribution in [-0.4, -0.2) is 29.6 Å². The first kappa shape index (κ1) is 19.0. The quantitative estimate of drug-likeness (QED) is 0.696. The smallest absolute Gasteiger partial charge is 0.330 e. The second-order valence-corrected chi connectivity index (χ2v) is 6.13. The molecule has 8 nitrogen and oxygen atoms in total. The summed E-state index contributed by atoms with van der Waals surface area (Å²) in [5.74, 6) is -0.213. The third-order valence-electron chi connectivity index (χ3n) is 4.38. The van der Waals surface area contributed by atoms with E-state index in [1.807, 2.05) is 30.3 Å². The number of carbonyl (C=O) groups is 1. The molecule has 3 N–H and O–H groups in total. The number of carbonyl (C=O) groups excluding carboxylic acids is 1. The number of nitrogens with two attached hydrogens (primary N) is 1. The van der Waals surface area contributed by atoms with Crippen molar-refractivity contribution in [1.82, 2.24) is 9.55 Å². The second-order valence-electron chi connectivity index (χ2n) is 6.13. The Morgan fingerprint density at radius 1 is 1.11 bits per heavy atom. The van der Waals surface area contributed by atoms with Gasteiger partial charge in [0.15, 0.2) is 5.69 Å². The van der Waals surface area contributed by atoms with E-state index in [2.05, 4.69) is 4.98 Å². The Morgan fingerprint density at radius 2 is 1.75 bits per heavy atom. The molecule has 0 fully saturated rings. The molecule has 28 heavy (non-hydrogen) atoms. The van der Waals surface area contributed by atoms with Crippen LogP contribution in [0.25, 0.3) is 0 Å². The number of para-hydroxylation sites is 1. The molecule has 0 aliphatic rings. The first-order valence-electron chi connectivity index (χ1n) is 8.51. The number of nitrogens with zero attached hydrogens (tertiary/aromatic N) is 2. The van der Waals surface area contributed by atoms with Crippen molar-refractivity contribution in [2.45, 2.75) is 6.54 Å². The minimum atomic E-state index is -0.738. The molecule has 0 bridgehead atoms. The van der Waals surface area contributed by atoms with E-state index in [-0.39, 0.29) is 23.6 Å². The number of nitrogen functional groups attached to an aromatic ring is 1. The molecule has 0 unspecified atom stereocenters. The van der Waals surface area contributed by atoms with Gasteiger partial charge in [0.25, 0.3) is 11.5 Å². The van der Waals surface area contributed by atoms with Crippen LogP contribution in [0.5, 0.6) is 5.75 Å². The van der Waals surface area contributed by atoms with Gasteiger partial charge in [-0.15, -0.1) is 0 Å². The zero-order valence-corrected chi connectivity index (χ0v) is 15.5. The van der Waals surface area contributed by atoms with E-state index in [0.717, 1.165) is 10.5 Å². The highest BCUT2D eigenvalue weighted by Gasteiger charge is 2.24. The van der Waals surface area contributed by atoms with E-state index in [0.29, 0.717) is 5.75 Å². The monoisotopic (exact) mass is 380 g/mol. The van der Waals surface area contributed by atoms with Gasteiger partial charge in [0.05, 0.1) is 19.2 Å². The third kappa shape index (κ3) is 3.52. The molecule has 3 rings (SSSR count). The van der Waals surface area contributed by atoms with E-state index in [4.69, 9.17) is 10.5 Å². The minimum Gasteiger partial charge on any atom is -0.496 e. The highest BCUT2D eigenvalue weighted by atomic mass is 16.5. The number of ether oxygens (including phenoxy) is 1. The van der Waals surface area contributed by atoms with E-state index in [9.17, 15) is 14.4 Å². The van der Waals surface area contributed by atoms with Crippen molar-refractivity contribution in [3.63, 3.8) is 0 Å². The van der Waals surface area contributed by atoms with Crippen LogP contribution < -0.4 is 26.6 Å². The maximum Gasteiger partial charge on any atom is 0.330 e. The first-order valence-corrected chi connectivity index (χ1v) is 8.51. The van der Waals surface area contributed by atoms with E-state index in [1.54, 1.807) is 24.3 Å². The molecule has 0 saturated carbocycles. The van der Waals surface area contributed by atoms with Crippen LogP contribution in [0, 0.1) is 0 Å². The van der Waals surface area contributed by atoms with Gasteiger partial charge < -0.3 is 15.4 Å². The van der Waals surface area contributed by atoms with Crippen LogP contribution in [0.2, 0.25) is 0 Å². The van der Waals surface area contributed by atoms with Crippen LogP contribution in [0.4, 0.5) is 11.5 Å². The number of rotatable bonds is 5. The predicted octanol–water partition coefficient (Wildman–Crippen LogP) is 1.45. The highest BCUT2D eigenvalue weighted by Crippen LogP contribution is 2.23. The summed E-state index contributed by atoms with van der Waals surface area (Å²) in [5, 5.41) is 0. The molecule has 0 aliphatic heterocycles. The van der Waals surface area contributed by atoms with Gasteiger partial charge in [-0.3, -0.25) is 19.1 Å². The molecular formula is C20H20N4O4. The normalized spacial score (nSPS) is 10.5. The lowest BCUT2D eigenvalue weighted by Crippen LogP contribution is -2.39. The van der Waals surface area contributed by atoms with Crippen molar-refractivity contribution < 1.29 is 9.53 Å². The van der Waals surface area contributed by atoms with E-state index in [1.165, 1.54) is 18.7 Å². The average molecular weight is 380 g/mol. The molecule has 1 heterocycles. The number of amides is 1. The molecule has 3 aromatic rings. The first-order chi connectivity index (χ1) is 13.4. The van der Waals surface area contributed by atoms with Crippen LogP contribution in [0.3, 0.4) is 0 Å². The Labute approximate surface area is 160 Å². The molecule has 144 valence electrons. The third-order valence-corrected chi connectivity index (χ3v) is 4.38. The lowest BCUT2D eigenvalue weighted by atomic mass is 10.1. The topological polar surface area (TPSA) is 110 Å². The van der Waals surface area contributed by atoms with Crippen molar-refractivity contribution in [1.29, 1.82) is 0 Å². The van der Waals surface area contributed by atoms with E-state index < -0.39 is 17.2 Å². The molecule has 0 atom stereocenters. The number of methoxy groups -OCH3 is 1. The Morgan fingerprint density at radius 3 is 2.43 bits per heavy atom. The van der Waals surface area contributed by atoms with Gasteiger partial charge in [-0.05, 0) is 17.7 Å². The summed E-state index contributed by atoms with van der Waals surface area (Å²) in [7, 11) is 2.88. The minimum absolute atomic E-state index is 0.0941. The van der Waals surface area contributed by atoms with Crippen molar-refractivity contribution in [3.05, 3.63) is 86.6 Å². The fourth-order valence-electron chi connectivity index (χ4n) is 2.93. The molecule has 1 amide bonds. The number of aromatic amines is 1. The average Bonchev–Trinajstić information content (AvgIpc) is 2.71. The zero-order valence-electron chi connectivity index (χ0n) is 15.5. The molecule has 0 radical (unpaired) electrons. The number of hydrogen-bond donors (Lipinski definition) is 2. The number of aromatic nitrogens is 2. The summed E-state index contributed by atoms with van der Waals surface area (Å²) in [4.78, 5) is 41.0. The van der Waals surface area contributed by atoms with Gasteiger partial charge in [0.1, 0.15) is 11.6 Å². The van der Waals surface area contributed by atoms with Crippen molar-refractivity contribution in [2.24, 2.45) is 0 Å². The van der Waals surface area contributed by atoms with Crippen LogP contribution >= 0.6 is 0 Å². The molecule has 0 aliphatic carbocycles. The molecule has 0 spiro atoms. The highest BCUT2D eigenvalue weighted by molar-refractivity contribution is 6.08. The Kier molecular flexibility index (Phi) is 5.30. The van der Waals surface area contributed by atoms with Crippen LogP contribution in [0.1, 0.15) is 15.9 Å². The summed E-state index contributed by atoms with van der Waals surface area (Å²) in [6.07, 6.45) is 0. The molecule has 8 heteroatoms. The zero-order chi connectivity index (χ0) is 20.3. The van der Waals surface area contributed by atoms with E-state index >= 15 is 0 Å². The number of benzene rings is 2. The summed E-state index contributed by atoms with van der Waals surface area (Å²) < 4.78 is 6.44. The molecule has 0 saturated heterocycles. The fraction of sp³-hybridized carbons (Fsp3) is 0.150. The second kappa shape index (κ2) is 7.83. The Balaban J connectivity index is 2.06. The van der Waals surface area contributed by atoms with Crippen molar-refractivity contribution >= 4 is 17.4 Å². The van der Waals surface area contributed by atoms with Gasteiger partial charge in [0.2, 0.25) is 0 Å². The number of H-pyrrole nitrogens is 1. The Hall–Kier alpha value is -3.81. The van der Waals surface area contributed by atoms with Crippen LogP contribution in [0.15, 0.2) is 64.2 Å². The summed E-state index contributed by atoms with van der Waals surface area (Å²) in [6.45, 7) is 0.159. The Bertz CT molecular complexity index is 1120. The lowest BCUT2D eigenvalue weighted by Gasteiger charge is -2.21. The number of nitrogens with one attached hydrogen (secondary N) is 1. The van der Waals surface area contributed by atoms with Crippen molar-refractivity contribution in [3.8, 4) is 5.75 Å². The lowest BCUT2D eigenvalue weighted by molar-refractivity contribution is 0.0989. The summed E-state index contributed by atoms with van der Waals surface area (Å²) in [5.41, 5.74) is 5.75. The van der Waals surface area contributed by atoms with Gasteiger partial charge in [-0.1, -0.05) is 42.5 Å². The van der Waals surface area contributed by atoms with Gasteiger partial charge >= 0.3 is 5.69 Å².